The van der Waals surface area contributed by atoms with Gasteiger partial charge in [0.25, 0.3) is 5.91 Å². The SMILES string of the molecule is C[C@@H]1CCCN(C(=O)[C@H]2OCC(=O)N(C)[C@@H]2c2cccc(F)c2)C1. The molecule has 0 radical (unpaired) electrons. The highest BCUT2D eigenvalue weighted by molar-refractivity contribution is 5.86. The largest absolute Gasteiger partial charge is 0.356 e. The van der Waals surface area contributed by atoms with Crippen LogP contribution in [-0.2, 0) is 14.3 Å². The van der Waals surface area contributed by atoms with Crippen molar-refractivity contribution in [3.63, 3.8) is 0 Å². The Kier molecular flexibility index (Phi) is 4.85. The summed E-state index contributed by atoms with van der Waals surface area (Å²) >= 11 is 0. The normalized spacial score (nSPS) is 28.1. The molecular formula is C18H23FN2O3. The first-order valence-corrected chi connectivity index (χ1v) is 8.39. The molecular weight excluding hydrogens is 311 g/mol. The molecule has 2 amide bonds. The lowest BCUT2D eigenvalue weighted by Crippen LogP contribution is -2.55. The second-order valence-electron chi connectivity index (χ2n) is 6.77. The Hall–Kier alpha value is -1.95. The highest BCUT2D eigenvalue weighted by Crippen LogP contribution is 2.31. The summed E-state index contributed by atoms with van der Waals surface area (Å²) in [6.07, 6.45) is 1.29. The number of hydrogen-bond acceptors (Lipinski definition) is 3. The molecule has 0 N–H and O–H groups in total. The van der Waals surface area contributed by atoms with E-state index in [0.717, 1.165) is 12.8 Å². The van der Waals surface area contributed by atoms with Crippen molar-refractivity contribution >= 4 is 11.8 Å². The first kappa shape index (κ1) is 16.9. The van der Waals surface area contributed by atoms with Crippen LogP contribution in [0.4, 0.5) is 4.39 Å². The average molecular weight is 334 g/mol. The molecule has 2 aliphatic heterocycles. The van der Waals surface area contributed by atoms with Crippen LogP contribution in [0.5, 0.6) is 0 Å². The van der Waals surface area contributed by atoms with E-state index in [-0.39, 0.29) is 18.4 Å². The molecule has 0 unspecified atom stereocenters. The highest BCUT2D eigenvalue weighted by Gasteiger charge is 2.42. The van der Waals surface area contributed by atoms with Gasteiger partial charge in [-0.1, -0.05) is 19.1 Å². The summed E-state index contributed by atoms with van der Waals surface area (Å²) in [5.41, 5.74) is 0.578. The molecule has 6 heteroatoms. The molecule has 1 aromatic rings. The standard InChI is InChI=1S/C18H23FN2O3/c1-12-5-4-8-21(10-12)18(23)17-16(20(2)15(22)11-24-17)13-6-3-7-14(19)9-13/h3,6-7,9,12,16-17H,4-5,8,10-11H2,1-2H3/t12-,16-,17+/m1/s1. The summed E-state index contributed by atoms with van der Waals surface area (Å²) in [5, 5.41) is 0. The summed E-state index contributed by atoms with van der Waals surface area (Å²) in [5.74, 6) is -0.259. The number of likely N-dealkylation sites (tertiary alicyclic amines) is 1. The van der Waals surface area contributed by atoms with E-state index in [0.29, 0.717) is 24.6 Å². The Morgan fingerprint density at radius 3 is 2.88 bits per heavy atom. The molecule has 0 aliphatic carbocycles. The highest BCUT2D eigenvalue weighted by atomic mass is 19.1. The first-order valence-electron chi connectivity index (χ1n) is 8.39. The Morgan fingerprint density at radius 1 is 1.38 bits per heavy atom. The van der Waals surface area contributed by atoms with Gasteiger partial charge < -0.3 is 14.5 Å². The molecule has 0 saturated carbocycles. The number of morpholine rings is 1. The van der Waals surface area contributed by atoms with Crippen LogP contribution in [0.2, 0.25) is 0 Å². The predicted octanol–water partition coefficient (Wildman–Crippen LogP) is 1.98. The number of halogens is 1. The zero-order chi connectivity index (χ0) is 17.3. The number of benzene rings is 1. The summed E-state index contributed by atoms with van der Waals surface area (Å²) in [6, 6.07) is 5.42. The smallest absolute Gasteiger partial charge is 0.254 e. The van der Waals surface area contributed by atoms with Gasteiger partial charge in [0.2, 0.25) is 5.91 Å². The minimum Gasteiger partial charge on any atom is -0.356 e. The quantitative estimate of drug-likeness (QED) is 0.831. The molecule has 130 valence electrons. The van der Waals surface area contributed by atoms with E-state index in [1.807, 2.05) is 4.90 Å². The maximum absolute atomic E-state index is 13.6. The lowest BCUT2D eigenvalue weighted by atomic mass is 9.95. The van der Waals surface area contributed by atoms with Gasteiger partial charge in [-0.05, 0) is 36.5 Å². The van der Waals surface area contributed by atoms with Crippen LogP contribution >= 0.6 is 0 Å². The van der Waals surface area contributed by atoms with E-state index >= 15 is 0 Å². The van der Waals surface area contributed by atoms with E-state index in [2.05, 4.69) is 6.92 Å². The fraction of sp³-hybridized carbons (Fsp3) is 0.556. The zero-order valence-corrected chi connectivity index (χ0v) is 14.1. The second-order valence-corrected chi connectivity index (χ2v) is 6.77. The number of amides is 2. The molecule has 0 spiro atoms. The first-order chi connectivity index (χ1) is 11.5. The molecule has 1 aromatic carbocycles. The monoisotopic (exact) mass is 334 g/mol. The van der Waals surface area contributed by atoms with Crippen LogP contribution in [0, 0.1) is 11.7 Å². The molecule has 2 fully saturated rings. The Balaban J connectivity index is 1.88. The van der Waals surface area contributed by atoms with E-state index in [1.165, 1.54) is 17.0 Å². The lowest BCUT2D eigenvalue weighted by Gasteiger charge is -2.41. The number of piperidine rings is 1. The van der Waals surface area contributed by atoms with Crippen molar-refractivity contribution in [2.45, 2.75) is 31.9 Å². The summed E-state index contributed by atoms with van der Waals surface area (Å²) in [7, 11) is 1.64. The van der Waals surface area contributed by atoms with Crippen LogP contribution in [0.25, 0.3) is 0 Å². The van der Waals surface area contributed by atoms with Crippen molar-refractivity contribution in [3.05, 3.63) is 35.6 Å². The third-order valence-corrected chi connectivity index (χ3v) is 4.89. The van der Waals surface area contributed by atoms with Crippen LogP contribution in [0.15, 0.2) is 24.3 Å². The number of nitrogens with zero attached hydrogens (tertiary/aromatic N) is 2. The number of likely N-dealkylation sites (N-methyl/N-ethyl adjacent to an activating group) is 1. The van der Waals surface area contributed by atoms with Crippen LogP contribution < -0.4 is 0 Å². The van der Waals surface area contributed by atoms with Gasteiger partial charge >= 0.3 is 0 Å². The molecule has 5 nitrogen and oxygen atoms in total. The third-order valence-electron chi connectivity index (χ3n) is 4.89. The Bertz CT molecular complexity index is 636. The van der Waals surface area contributed by atoms with Gasteiger partial charge in [0.05, 0.1) is 6.04 Å². The number of hydrogen-bond donors (Lipinski definition) is 0. The van der Waals surface area contributed by atoms with Crippen molar-refractivity contribution < 1.29 is 18.7 Å². The van der Waals surface area contributed by atoms with Gasteiger partial charge in [0, 0.05) is 20.1 Å². The average Bonchev–Trinajstić information content (AvgIpc) is 2.56. The van der Waals surface area contributed by atoms with Gasteiger partial charge in [-0.2, -0.15) is 0 Å². The minimum absolute atomic E-state index is 0.116. The van der Waals surface area contributed by atoms with E-state index < -0.39 is 18.0 Å². The van der Waals surface area contributed by atoms with Gasteiger partial charge in [-0.3, -0.25) is 9.59 Å². The number of carbonyl (C=O) groups excluding carboxylic acids is 2. The number of carbonyl (C=O) groups is 2. The Morgan fingerprint density at radius 2 is 2.17 bits per heavy atom. The van der Waals surface area contributed by atoms with Crippen molar-refractivity contribution in [1.29, 1.82) is 0 Å². The molecule has 3 atom stereocenters. The molecule has 24 heavy (non-hydrogen) atoms. The van der Waals surface area contributed by atoms with Crippen LogP contribution in [-0.4, -0.2) is 54.5 Å². The zero-order valence-electron chi connectivity index (χ0n) is 14.1. The molecule has 0 bridgehead atoms. The van der Waals surface area contributed by atoms with Gasteiger partial charge in [0.1, 0.15) is 12.4 Å². The topological polar surface area (TPSA) is 49.9 Å². The third kappa shape index (κ3) is 3.29. The molecule has 0 aromatic heterocycles. The second kappa shape index (κ2) is 6.89. The fourth-order valence-corrected chi connectivity index (χ4v) is 3.58. The van der Waals surface area contributed by atoms with E-state index in [1.54, 1.807) is 19.2 Å². The van der Waals surface area contributed by atoms with Gasteiger partial charge in [-0.15, -0.1) is 0 Å². The van der Waals surface area contributed by atoms with Crippen molar-refractivity contribution in [1.82, 2.24) is 9.80 Å². The van der Waals surface area contributed by atoms with Crippen molar-refractivity contribution in [3.8, 4) is 0 Å². The Labute approximate surface area is 141 Å². The maximum Gasteiger partial charge on any atom is 0.254 e. The number of rotatable bonds is 2. The van der Waals surface area contributed by atoms with E-state index in [4.69, 9.17) is 4.74 Å². The van der Waals surface area contributed by atoms with Gasteiger partial charge in [-0.25, -0.2) is 4.39 Å². The summed E-state index contributed by atoms with van der Waals surface area (Å²) < 4.78 is 19.3. The minimum atomic E-state index is -0.792. The predicted molar refractivity (Wildman–Crippen MR) is 86.6 cm³/mol. The maximum atomic E-state index is 13.6. The summed E-state index contributed by atoms with van der Waals surface area (Å²) in [4.78, 5) is 28.3. The number of ether oxygens (including phenoxy) is 1. The van der Waals surface area contributed by atoms with Gasteiger partial charge in [0.15, 0.2) is 6.10 Å². The van der Waals surface area contributed by atoms with Crippen molar-refractivity contribution in [2.24, 2.45) is 5.92 Å². The van der Waals surface area contributed by atoms with Crippen molar-refractivity contribution in [2.75, 3.05) is 26.7 Å². The van der Waals surface area contributed by atoms with Crippen LogP contribution in [0.1, 0.15) is 31.4 Å². The van der Waals surface area contributed by atoms with E-state index in [9.17, 15) is 14.0 Å². The molecule has 2 heterocycles. The van der Waals surface area contributed by atoms with Crippen LogP contribution in [0.3, 0.4) is 0 Å². The molecule has 3 rings (SSSR count). The molecule has 2 aliphatic rings. The summed E-state index contributed by atoms with van der Waals surface area (Å²) in [6.45, 7) is 3.41. The fourth-order valence-electron chi connectivity index (χ4n) is 3.58. The molecule has 2 saturated heterocycles. The lowest BCUT2D eigenvalue weighted by molar-refractivity contribution is -0.168.